The normalized spacial score (nSPS) is 43.5. The van der Waals surface area contributed by atoms with E-state index in [1.165, 1.54) is 7.11 Å². The molecule has 0 aromatic rings. The van der Waals surface area contributed by atoms with E-state index in [0.29, 0.717) is 0 Å². The van der Waals surface area contributed by atoms with Crippen LogP contribution < -0.4 is 0 Å². The van der Waals surface area contributed by atoms with Crippen molar-refractivity contribution in [1.82, 2.24) is 0 Å². The van der Waals surface area contributed by atoms with Crippen LogP contribution in [-0.4, -0.2) is 24.3 Å². The Morgan fingerprint density at radius 3 is 2.67 bits per heavy atom. The van der Waals surface area contributed by atoms with E-state index in [4.69, 9.17) is 0 Å². The molecule has 0 aliphatic heterocycles. The van der Waals surface area contributed by atoms with Gasteiger partial charge in [0.05, 0.1) is 19.1 Å². The van der Waals surface area contributed by atoms with Gasteiger partial charge in [-0.25, -0.2) is 0 Å². The van der Waals surface area contributed by atoms with Crippen molar-refractivity contribution in [3.05, 3.63) is 12.2 Å². The Labute approximate surface area is 71.0 Å². The monoisotopic (exact) mass is 168 g/mol. The maximum Gasteiger partial charge on any atom is 0.311 e. The molecule has 2 aliphatic rings. The molecule has 0 heterocycles. The second kappa shape index (κ2) is 2.59. The Morgan fingerprint density at radius 1 is 1.50 bits per heavy atom. The lowest BCUT2D eigenvalue weighted by atomic mass is 9.91. The minimum atomic E-state index is -0.521. The Morgan fingerprint density at radius 2 is 2.17 bits per heavy atom. The second-order valence-corrected chi connectivity index (χ2v) is 3.49. The molecule has 2 aliphatic carbocycles. The zero-order valence-corrected chi connectivity index (χ0v) is 6.93. The van der Waals surface area contributed by atoms with Crippen LogP contribution in [0, 0.1) is 17.8 Å². The first-order valence-electron chi connectivity index (χ1n) is 4.18. The van der Waals surface area contributed by atoms with Crippen LogP contribution >= 0.6 is 0 Å². The number of aliphatic hydroxyl groups is 1. The van der Waals surface area contributed by atoms with Crippen LogP contribution in [0.3, 0.4) is 0 Å². The molecule has 0 aromatic heterocycles. The van der Waals surface area contributed by atoms with Crippen LogP contribution in [0.1, 0.15) is 6.42 Å². The number of fused-ring (bicyclic) bond motifs is 2. The highest BCUT2D eigenvalue weighted by atomic mass is 16.5. The number of carbonyl (C=O) groups is 1. The first-order chi connectivity index (χ1) is 5.74. The van der Waals surface area contributed by atoms with Gasteiger partial charge in [-0.05, 0) is 12.3 Å². The zero-order valence-electron chi connectivity index (χ0n) is 6.93. The summed E-state index contributed by atoms with van der Waals surface area (Å²) >= 11 is 0. The van der Waals surface area contributed by atoms with Gasteiger partial charge >= 0.3 is 5.97 Å². The lowest BCUT2D eigenvalue weighted by Crippen LogP contribution is -2.32. The molecule has 66 valence electrons. The molecule has 0 radical (unpaired) electrons. The summed E-state index contributed by atoms with van der Waals surface area (Å²) in [4.78, 5) is 11.2. The summed E-state index contributed by atoms with van der Waals surface area (Å²) in [5, 5.41) is 9.63. The maximum atomic E-state index is 11.2. The Balaban J connectivity index is 2.18. The van der Waals surface area contributed by atoms with Crippen LogP contribution in [-0.2, 0) is 9.53 Å². The Kier molecular flexibility index (Phi) is 1.68. The topological polar surface area (TPSA) is 46.5 Å². The van der Waals surface area contributed by atoms with E-state index in [0.717, 1.165) is 6.42 Å². The Bertz CT molecular complexity index is 234. The number of aliphatic hydroxyl groups excluding tert-OH is 1. The number of esters is 1. The summed E-state index contributed by atoms with van der Waals surface area (Å²) in [6.07, 6.45) is 4.39. The number of carbonyl (C=O) groups excluding carboxylic acids is 1. The van der Waals surface area contributed by atoms with Crippen LogP contribution in [0.15, 0.2) is 12.2 Å². The number of hydrogen-bond acceptors (Lipinski definition) is 3. The summed E-state index contributed by atoms with van der Waals surface area (Å²) in [5.74, 6) is -0.208. The first-order valence-corrected chi connectivity index (χ1v) is 4.18. The lowest BCUT2D eigenvalue weighted by molar-refractivity contribution is -0.150. The van der Waals surface area contributed by atoms with Gasteiger partial charge in [0.1, 0.15) is 0 Å². The molecule has 1 saturated carbocycles. The minimum Gasteiger partial charge on any atom is -0.469 e. The highest BCUT2D eigenvalue weighted by Gasteiger charge is 2.47. The van der Waals surface area contributed by atoms with Gasteiger partial charge in [0.2, 0.25) is 0 Å². The fourth-order valence-corrected chi connectivity index (χ4v) is 2.25. The van der Waals surface area contributed by atoms with Crippen LogP contribution in [0.5, 0.6) is 0 Å². The molecule has 4 atom stereocenters. The molecule has 3 heteroatoms. The SMILES string of the molecule is COC(=O)[C@@H]1[C@H](O)[C@@H]2C=C[C@H]1C2. The average Bonchev–Trinajstić information content (AvgIpc) is 2.63. The van der Waals surface area contributed by atoms with Crippen molar-refractivity contribution in [3.8, 4) is 0 Å². The lowest BCUT2D eigenvalue weighted by Gasteiger charge is -2.20. The van der Waals surface area contributed by atoms with Gasteiger partial charge in [0.15, 0.2) is 0 Å². The molecule has 3 nitrogen and oxygen atoms in total. The predicted molar refractivity (Wildman–Crippen MR) is 42.2 cm³/mol. The van der Waals surface area contributed by atoms with Crippen molar-refractivity contribution in [2.24, 2.45) is 17.8 Å². The molecule has 1 fully saturated rings. The van der Waals surface area contributed by atoms with Gasteiger partial charge in [-0.15, -0.1) is 0 Å². The van der Waals surface area contributed by atoms with E-state index in [2.05, 4.69) is 4.74 Å². The van der Waals surface area contributed by atoms with Gasteiger partial charge in [0.25, 0.3) is 0 Å². The molecular formula is C9H12O3. The van der Waals surface area contributed by atoms with Crippen molar-refractivity contribution in [3.63, 3.8) is 0 Å². The fraction of sp³-hybridized carbons (Fsp3) is 0.667. The standard InChI is InChI=1S/C9H12O3/c1-12-9(11)7-5-2-3-6(4-5)8(7)10/h2-3,5-8,10H,4H2,1H3/t5-,6+,7-,8+/m0/s1. The van der Waals surface area contributed by atoms with Crippen molar-refractivity contribution in [2.45, 2.75) is 12.5 Å². The molecule has 0 unspecified atom stereocenters. The van der Waals surface area contributed by atoms with Crippen molar-refractivity contribution in [2.75, 3.05) is 7.11 Å². The van der Waals surface area contributed by atoms with E-state index >= 15 is 0 Å². The summed E-state index contributed by atoms with van der Waals surface area (Å²) in [6.45, 7) is 0. The van der Waals surface area contributed by atoms with Crippen LogP contribution in [0.4, 0.5) is 0 Å². The smallest absolute Gasteiger partial charge is 0.311 e. The fourth-order valence-electron chi connectivity index (χ4n) is 2.25. The van der Waals surface area contributed by atoms with Gasteiger partial charge < -0.3 is 9.84 Å². The second-order valence-electron chi connectivity index (χ2n) is 3.49. The third kappa shape index (κ3) is 0.894. The predicted octanol–water partition coefficient (Wildman–Crippen LogP) is 0.342. The van der Waals surface area contributed by atoms with Gasteiger partial charge in [-0.3, -0.25) is 4.79 Å². The average molecular weight is 168 g/mol. The number of rotatable bonds is 1. The molecule has 1 N–H and O–H groups in total. The highest BCUT2D eigenvalue weighted by molar-refractivity contribution is 5.74. The quantitative estimate of drug-likeness (QED) is 0.453. The molecule has 2 rings (SSSR count). The minimum absolute atomic E-state index is 0.180. The molecule has 12 heavy (non-hydrogen) atoms. The first kappa shape index (κ1) is 7.80. The van der Waals surface area contributed by atoms with Crippen molar-refractivity contribution < 1.29 is 14.6 Å². The Hall–Kier alpha value is -0.830. The molecule has 0 amide bonds. The van der Waals surface area contributed by atoms with Crippen molar-refractivity contribution >= 4 is 5.97 Å². The molecule has 0 aromatic carbocycles. The number of ether oxygens (including phenoxy) is 1. The van der Waals surface area contributed by atoms with E-state index in [9.17, 15) is 9.90 Å². The van der Waals surface area contributed by atoms with Gasteiger partial charge in [0, 0.05) is 5.92 Å². The van der Waals surface area contributed by atoms with Crippen LogP contribution in [0.25, 0.3) is 0 Å². The third-order valence-electron chi connectivity index (χ3n) is 2.89. The highest BCUT2D eigenvalue weighted by Crippen LogP contribution is 2.43. The maximum absolute atomic E-state index is 11.2. The van der Waals surface area contributed by atoms with Gasteiger partial charge in [-0.2, -0.15) is 0 Å². The van der Waals surface area contributed by atoms with Gasteiger partial charge in [-0.1, -0.05) is 12.2 Å². The van der Waals surface area contributed by atoms with E-state index in [1.807, 2.05) is 12.2 Å². The number of allylic oxidation sites excluding steroid dienone is 1. The number of methoxy groups -OCH3 is 1. The molecule has 0 saturated heterocycles. The molecular weight excluding hydrogens is 156 g/mol. The third-order valence-corrected chi connectivity index (χ3v) is 2.89. The van der Waals surface area contributed by atoms with E-state index < -0.39 is 6.10 Å². The van der Waals surface area contributed by atoms with Crippen LogP contribution in [0.2, 0.25) is 0 Å². The summed E-state index contributed by atoms with van der Waals surface area (Å²) in [7, 11) is 1.37. The van der Waals surface area contributed by atoms with E-state index in [-0.39, 0.29) is 23.7 Å². The number of hydrogen-bond donors (Lipinski definition) is 1. The van der Waals surface area contributed by atoms with E-state index in [1.54, 1.807) is 0 Å². The van der Waals surface area contributed by atoms with Crippen molar-refractivity contribution in [1.29, 1.82) is 0 Å². The summed E-state index contributed by atoms with van der Waals surface area (Å²) < 4.78 is 4.62. The summed E-state index contributed by atoms with van der Waals surface area (Å²) in [6, 6.07) is 0. The largest absolute Gasteiger partial charge is 0.469 e. The zero-order chi connectivity index (χ0) is 8.72. The summed E-state index contributed by atoms with van der Waals surface area (Å²) in [5.41, 5.74) is 0. The molecule has 2 bridgehead atoms. The molecule has 0 spiro atoms.